The number of hydrogen-bond acceptors (Lipinski definition) is 3. The lowest BCUT2D eigenvalue weighted by Gasteiger charge is -2.25. The van der Waals surface area contributed by atoms with Crippen LogP contribution in [0.15, 0.2) is 89.8 Å². The van der Waals surface area contributed by atoms with E-state index in [1.54, 1.807) is 30.3 Å². The van der Waals surface area contributed by atoms with E-state index in [-0.39, 0.29) is 23.4 Å². The van der Waals surface area contributed by atoms with Gasteiger partial charge in [0.2, 0.25) is 5.91 Å². The Balaban J connectivity index is 1.89. The average Bonchev–Trinajstić information content (AvgIpc) is 2.77. The molecule has 3 aromatic carbocycles. The van der Waals surface area contributed by atoms with E-state index in [2.05, 4.69) is 27.9 Å². The third-order valence-electron chi connectivity index (χ3n) is 4.68. The third kappa shape index (κ3) is 5.40. The number of halogens is 1. The number of amides is 1. The smallest absolute Gasteiger partial charge is 0.264 e. The summed E-state index contributed by atoms with van der Waals surface area (Å²) in [5.74, 6) is -0.358. The van der Waals surface area contributed by atoms with E-state index >= 15 is 0 Å². The van der Waals surface area contributed by atoms with Gasteiger partial charge in [0.05, 0.1) is 16.6 Å². The van der Waals surface area contributed by atoms with Gasteiger partial charge in [0.25, 0.3) is 10.0 Å². The number of rotatable bonds is 8. The molecule has 1 N–H and O–H groups in total. The predicted molar refractivity (Wildman–Crippen MR) is 128 cm³/mol. The second-order valence-electron chi connectivity index (χ2n) is 6.74. The molecule has 0 bridgehead atoms. The second-order valence-corrected chi connectivity index (χ2v) is 9.85. The highest BCUT2D eigenvalue weighted by atomic mass is 127. The van der Waals surface area contributed by atoms with Crippen molar-refractivity contribution in [3.8, 4) is 0 Å². The van der Waals surface area contributed by atoms with Crippen molar-refractivity contribution in [1.29, 1.82) is 0 Å². The summed E-state index contributed by atoms with van der Waals surface area (Å²) in [7, 11) is -3.90. The van der Waals surface area contributed by atoms with Gasteiger partial charge in [-0.1, -0.05) is 55.5 Å². The molecule has 5 nitrogen and oxygen atoms in total. The van der Waals surface area contributed by atoms with Crippen LogP contribution in [0.1, 0.15) is 24.9 Å². The zero-order valence-electron chi connectivity index (χ0n) is 16.5. The van der Waals surface area contributed by atoms with Crippen LogP contribution in [0, 0.1) is 3.57 Å². The first kappa shape index (κ1) is 22.3. The number of hydrogen-bond donors (Lipinski definition) is 1. The highest BCUT2D eigenvalue weighted by Crippen LogP contribution is 2.25. The summed E-state index contributed by atoms with van der Waals surface area (Å²) in [5.41, 5.74) is 1.43. The van der Waals surface area contributed by atoms with Crippen LogP contribution in [-0.4, -0.2) is 20.9 Å². The van der Waals surface area contributed by atoms with Crippen LogP contribution in [0.4, 0.5) is 5.69 Å². The van der Waals surface area contributed by atoms with Gasteiger partial charge in [0, 0.05) is 3.57 Å². The number of sulfonamides is 1. The molecule has 0 saturated heterocycles. The molecule has 0 spiro atoms. The van der Waals surface area contributed by atoms with Gasteiger partial charge in [-0.25, -0.2) is 8.42 Å². The molecule has 156 valence electrons. The fourth-order valence-corrected chi connectivity index (χ4v) is 4.92. The largest absolute Gasteiger partial charge is 0.348 e. The molecule has 0 aliphatic heterocycles. The summed E-state index contributed by atoms with van der Waals surface area (Å²) in [6.07, 6.45) is 0.699. The molecule has 0 fully saturated rings. The first-order chi connectivity index (χ1) is 14.4. The van der Waals surface area contributed by atoms with Crippen molar-refractivity contribution >= 4 is 44.2 Å². The molecular weight excluding hydrogens is 511 g/mol. The van der Waals surface area contributed by atoms with Crippen LogP contribution in [-0.2, 0) is 14.8 Å². The normalized spacial score (nSPS) is 12.2. The van der Waals surface area contributed by atoms with E-state index in [9.17, 15) is 13.2 Å². The topological polar surface area (TPSA) is 66.5 Å². The third-order valence-corrected chi connectivity index (χ3v) is 7.19. The maximum Gasteiger partial charge on any atom is 0.264 e. The van der Waals surface area contributed by atoms with Gasteiger partial charge in [0.1, 0.15) is 6.54 Å². The summed E-state index contributed by atoms with van der Waals surface area (Å²) in [4.78, 5) is 13.0. The van der Waals surface area contributed by atoms with Crippen LogP contribution in [0.2, 0.25) is 0 Å². The summed E-state index contributed by atoms with van der Waals surface area (Å²) in [6.45, 7) is 1.68. The van der Waals surface area contributed by atoms with Gasteiger partial charge < -0.3 is 5.32 Å². The lowest BCUT2D eigenvalue weighted by atomic mass is 10.0. The Labute approximate surface area is 191 Å². The number of nitrogens with zero attached hydrogens (tertiary/aromatic N) is 1. The molecule has 1 amide bonds. The lowest BCUT2D eigenvalue weighted by molar-refractivity contribution is -0.120. The Morgan fingerprint density at radius 1 is 0.933 bits per heavy atom. The zero-order chi connectivity index (χ0) is 21.6. The Kier molecular flexibility index (Phi) is 7.49. The van der Waals surface area contributed by atoms with E-state index in [0.717, 1.165) is 13.4 Å². The van der Waals surface area contributed by atoms with Crippen molar-refractivity contribution in [2.45, 2.75) is 24.3 Å². The van der Waals surface area contributed by atoms with Crippen LogP contribution in [0.25, 0.3) is 0 Å². The molecule has 0 unspecified atom stereocenters. The second kappa shape index (κ2) is 10.1. The van der Waals surface area contributed by atoms with Crippen molar-refractivity contribution in [3.63, 3.8) is 0 Å². The molecule has 30 heavy (non-hydrogen) atoms. The summed E-state index contributed by atoms with van der Waals surface area (Å²) in [5, 5.41) is 2.97. The Hall–Kier alpha value is -2.39. The highest BCUT2D eigenvalue weighted by Gasteiger charge is 2.27. The minimum Gasteiger partial charge on any atom is -0.348 e. The summed E-state index contributed by atoms with van der Waals surface area (Å²) < 4.78 is 28.8. The molecule has 3 aromatic rings. The maximum absolute atomic E-state index is 13.3. The molecule has 0 aliphatic rings. The summed E-state index contributed by atoms with van der Waals surface area (Å²) in [6, 6.07) is 24.7. The number of carbonyl (C=O) groups is 1. The number of nitrogens with one attached hydrogen (secondary N) is 1. The van der Waals surface area contributed by atoms with Crippen molar-refractivity contribution in [3.05, 3.63) is 94.1 Å². The van der Waals surface area contributed by atoms with Crippen LogP contribution in [0.3, 0.4) is 0 Å². The molecule has 1 atom stereocenters. The molecule has 0 heterocycles. The molecule has 0 radical (unpaired) electrons. The van der Waals surface area contributed by atoms with E-state index in [4.69, 9.17) is 0 Å². The molecule has 0 saturated carbocycles. The standard InChI is InChI=1S/C23H23IN2O3S/c1-2-22(18-9-5-3-6-10-18)25-23(27)17-26(20-15-13-19(24)14-16-20)30(28,29)21-11-7-4-8-12-21/h3-16,22H,2,17H2,1H3,(H,25,27)/t22-/m0/s1. The van der Waals surface area contributed by atoms with E-state index in [1.165, 1.54) is 12.1 Å². The van der Waals surface area contributed by atoms with Crippen LogP contribution in [0.5, 0.6) is 0 Å². The first-order valence-corrected chi connectivity index (χ1v) is 12.1. The molecular formula is C23H23IN2O3S. The minimum atomic E-state index is -3.90. The van der Waals surface area contributed by atoms with Crippen molar-refractivity contribution in [1.82, 2.24) is 5.32 Å². The van der Waals surface area contributed by atoms with Crippen LogP contribution >= 0.6 is 22.6 Å². The number of benzene rings is 3. The van der Waals surface area contributed by atoms with Crippen molar-refractivity contribution in [2.75, 3.05) is 10.8 Å². The van der Waals surface area contributed by atoms with Gasteiger partial charge in [-0.05, 0) is 71.0 Å². The fraction of sp³-hybridized carbons (Fsp3) is 0.174. The van der Waals surface area contributed by atoms with Gasteiger partial charge in [-0.15, -0.1) is 0 Å². The quantitative estimate of drug-likeness (QED) is 0.424. The Morgan fingerprint density at radius 2 is 1.50 bits per heavy atom. The van der Waals surface area contributed by atoms with Gasteiger partial charge in [-0.2, -0.15) is 0 Å². The molecule has 7 heteroatoms. The first-order valence-electron chi connectivity index (χ1n) is 9.59. The average molecular weight is 534 g/mol. The van der Waals surface area contributed by atoms with Crippen molar-refractivity contribution in [2.24, 2.45) is 0 Å². The zero-order valence-corrected chi connectivity index (χ0v) is 19.5. The maximum atomic E-state index is 13.3. The van der Waals surface area contributed by atoms with Gasteiger partial charge in [-0.3, -0.25) is 9.10 Å². The highest BCUT2D eigenvalue weighted by molar-refractivity contribution is 14.1. The minimum absolute atomic E-state index is 0.145. The van der Waals surface area contributed by atoms with E-state index in [0.29, 0.717) is 12.1 Å². The predicted octanol–water partition coefficient (Wildman–Crippen LogP) is 4.75. The monoisotopic (exact) mass is 534 g/mol. The van der Waals surface area contributed by atoms with Gasteiger partial charge in [0.15, 0.2) is 0 Å². The fourth-order valence-electron chi connectivity index (χ4n) is 3.12. The summed E-state index contributed by atoms with van der Waals surface area (Å²) >= 11 is 2.16. The van der Waals surface area contributed by atoms with E-state index < -0.39 is 10.0 Å². The Bertz CT molecular complexity index is 1070. The SMILES string of the molecule is CC[C@H](NC(=O)CN(c1ccc(I)cc1)S(=O)(=O)c1ccccc1)c1ccccc1. The Morgan fingerprint density at radius 3 is 2.07 bits per heavy atom. The number of anilines is 1. The number of carbonyl (C=O) groups excluding carboxylic acids is 1. The lowest BCUT2D eigenvalue weighted by Crippen LogP contribution is -2.42. The van der Waals surface area contributed by atoms with E-state index in [1.807, 2.05) is 49.4 Å². The van der Waals surface area contributed by atoms with Gasteiger partial charge >= 0.3 is 0 Å². The van der Waals surface area contributed by atoms with Crippen molar-refractivity contribution < 1.29 is 13.2 Å². The molecule has 0 aromatic heterocycles. The van der Waals surface area contributed by atoms with Crippen LogP contribution < -0.4 is 9.62 Å². The molecule has 3 rings (SSSR count). The molecule has 0 aliphatic carbocycles.